The van der Waals surface area contributed by atoms with E-state index in [9.17, 15) is 4.79 Å². The molecule has 0 saturated heterocycles. The van der Waals surface area contributed by atoms with Gasteiger partial charge in [-0.15, -0.1) is 11.3 Å². The van der Waals surface area contributed by atoms with Gasteiger partial charge in [0.1, 0.15) is 0 Å². The summed E-state index contributed by atoms with van der Waals surface area (Å²) in [5.41, 5.74) is 4.11. The van der Waals surface area contributed by atoms with Gasteiger partial charge >= 0.3 is 0 Å². The molecule has 0 atom stereocenters. The largest absolute Gasteiger partial charge is 0.493 e. The van der Waals surface area contributed by atoms with Crippen molar-refractivity contribution < 1.29 is 19.0 Å². The van der Waals surface area contributed by atoms with Gasteiger partial charge in [0.25, 0.3) is 5.91 Å². The number of carbonyl (C=O) groups is 1. The highest BCUT2D eigenvalue weighted by molar-refractivity contribution is 9.11. The van der Waals surface area contributed by atoms with Crippen LogP contribution in [0, 0.1) is 0 Å². The van der Waals surface area contributed by atoms with E-state index in [0.717, 1.165) is 14.4 Å². The fourth-order valence-electron chi connectivity index (χ4n) is 2.42. The standard InChI is InChI=1S/C18H17BrN4O4S/c1-25-13-6-10(7-14(26-2)17(13)27-3)9-20-23-18(24)12-8-11(21-22-12)15-4-5-16(19)28-15/h4-9H,1-3H3,(H,21,22)(H,23,24)/b20-9+. The molecule has 0 radical (unpaired) electrons. The summed E-state index contributed by atoms with van der Waals surface area (Å²) in [4.78, 5) is 13.2. The molecule has 0 aliphatic rings. The number of benzene rings is 1. The number of methoxy groups -OCH3 is 3. The Balaban J connectivity index is 1.71. The summed E-state index contributed by atoms with van der Waals surface area (Å²) in [6.45, 7) is 0. The van der Waals surface area contributed by atoms with Crippen LogP contribution in [0.3, 0.4) is 0 Å². The first-order valence-electron chi connectivity index (χ1n) is 8.00. The minimum absolute atomic E-state index is 0.238. The molecule has 0 aliphatic carbocycles. The normalized spacial score (nSPS) is 10.9. The quantitative estimate of drug-likeness (QED) is 0.410. The van der Waals surface area contributed by atoms with Crippen molar-refractivity contribution in [2.24, 2.45) is 5.10 Å². The number of rotatable bonds is 7. The predicted molar refractivity (Wildman–Crippen MR) is 111 cm³/mol. The summed E-state index contributed by atoms with van der Waals surface area (Å²) in [6.07, 6.45) is 1.48. The van der Waals surface area contributed by atoms with Gasteiger partial charge in [-0.25, -0.2) is 5.43 Å². The van der Waals surface area contributed by atoms with Crippen molar-refractivity contribution >= 4 is 39.4 Å². The molecule has 3 rings (SSSR count). The third-order valence-electron chi connectivity index (χ3n) is 3.72. The van der Waals surface area contributed by atoms with Gasteiger partial charge in [0.05, 0.1) is 41.9 Å². The van der Waals surface area contributed by atoms with E-state index in [1.807, 2.05) is 12.1 Å². The second-order valence-corrected chi connectivity index (χ2v) is 7.89. The highest BCUT2D eigenvalue weighted by Crippen LogP contribution is 2.37. The van der Waals surface area contributed by atoms with Gasteiger partial charge in [-0.2, -0.15) is 10.2 Å². The fraction of sp³-hybridized carbons (Fsp3) is 0.167. The first-order valence-corrected chi connectivity index (χ1v) is 9.61. The van der Waals surface area contributed by atoms with Crippen LogP contribution < -0.4 is 19.6 Å². The maximum absolute atomic E-state index is 12.2. The van der Waals surface area contributed by atoms with Crippen molar-refractivity contribution in [1.82, 2.24) is 15.6 Å². The van der Waals surface area contributed by atoms with Crippen LogP contribution >= 0.6 is 27.3 Å². The van der Waals surface area contributed by atoms with Gasteiger partial charge in [-0.3, -0.25) is 9.89 Å². The third kappa shape index (κ3) is 4.34. The number of hydrazone groups is 1. The fourth-order valence-corrected chi connectivity index (χ4v) is 3.77. The molecule has 0 bridgehead atoms. The predicted octanol–water partition coefficient (Wildman–Crippen LogP) is 3.69. The van der Waals surface area contributed by atoms with E-state index in [-0.39, 0.29) is 5.69 Å². The molecule has 0 aliphatic heterocycles. The van der Waals surface area contributed by atoms with Crippen LogP contribution in [0.1, 0.15) is 16.1 Å². The van der Waals surface area contributed by atoms with Crippen LogP contribution in [0.25, 0.3) is 10.6 Å². The van der Waals surface area contributed by atoms with Crippen LogP contribution in [-0.2, 0) is 0 Å². The van der Waals surface area contributed by atoms with Crippen LogP contribution in [0.5, 0.6) is 17.2 Å². The number of nitrogens with zero attached hydrogens (tertiary/aromatic N) is 2. The van der Waals surface area contributed by atoms with Crippen LogP contribution in [0.2, 0.25) is 0 Å². The number of ether oxygens (including phenoxy) is 3. The minimum Gasteiger partial charge on any atom is -0.493 e. The van der Waals surface area contributed by atoms with Crippen LogP contribution in [0.4, 0.5) is 0 Å². The number of H-pyrrole nitrogens is 1. The Bertz CT molecular complexity index is 990. The molecule has 0 unspecified atom stereocenters. The maximum atomic E-state index is 12.2. The number of hydrogen-bond acceptors (Lipinski definition) is 7. The highest BCUT2D eigenvalue weighted by Gasteiger charge is 2.14. The monoisotopic (exact) mass is 464 g/mol. The number of hydrogen-bond donors (Lipinski definition) is 2. The van der Waals surface area contributed by atoms with Gasteiger partial charge in [0, 0.05) is 5.56 Å². The van der Waals surface area contributed by atoms with E-state index < -0.39 is 5.91 Å². The summed E-state index contributed by atoms with van der Waals surface area (Å²) in [5, 5.41) is 10.9. The van der Waals surface area contributed by atoms with Crippen molar-refractivity contribution in [3.8, 4) is 27.8 Å². The lowest BCUT2D eigenvalue weighted by Crippen LogP contribution is -2.18. The van der Waals surface area contributed by atoms with Crippen molar-refractivity contribution in [3.63, 3.8) is 0 Å². The van der Waals surface area contributed by atoms with Crippen molar-refractivity contribution in [1.29, 1.82) is 0 Å². The van der Waals surface area contributed by atoms with E-state index in [0.29, 0.717) is 22.8 Å². The zero-order valence-corrected chi connectivity index (χ0v) is 17.7. The summed E-state index contributed by atoms with van der Waals surface area (Å²) in [7, 11) is 4.59. The molecule has 1 amide bonds. The van der Waals surface area contributed by atoms with Crippen molar-refractivity contribution in [3.05, 3.63) is 45.4 Å². The second kappa shape index (κ2) is 8.89. The molecule has 2 heterocycles. The smallest absolute Gasteiger partial charge is 0.291 e. The molecule has 2 aromatic heterocycles. The number of amides is 1. The molecule has 8 nitrogen and oxygen atoms in total. The molecule has 146 valence electrons. The van der Waals surface area contributed by atoms with Gasteiger partial charge in [0.15, 0.2) is 17.2 Å². The molecule has 3 aromatic rings. The summed E-state index contributed by atoms with van der Waals surface area (Å²) in [6, 6.07) is 8.98. The van der Waals surface area contributed by atoms with E-state index in [1.54, 1.807) is 29.5 Å². The summed E-state index contributed by atoms with van der Waals surface area (Å²) >= 11 is 4.95. The molecule has 0 saturated carbocycles. The average molecular weight is 465 g/mol. The topological polar surface area (TPSA) is 97.8 Å². The maximum Gasteiger partial charge on any atom is 0.291 e. The lowest BCUT2D eigenvalue weighted by molar-refractivity contribution is 0.0950. The lowest BCUT2D eigenvalue weighted by atomic mass is 10.2. The van der Waals surface area contributed by atoms with Crippen molar-refractivity contribution in [2.75, 3.05) is 21.3 Å². The Hall–Kier alpha value is -2.85. The Labute approximate surface area is 173 Å². The van der Waals surface area contributed by atoms with E-state index in [2.05, 4.69) is 36.7 Å². The summed E-state index contributed by atoms with van der Waals surface area (Å²) in [5.74, 6) is 1.04. The lowest BCUT2D eigenvalue weighted by Gasteiger charge is -2.12. The number of aromatic nitrogens is 2. The Morgan fingerprint density at radius 2 is 1.89 bits per heavy atom. The van der Waals surface area contributed by atoms with E-state index in [4.69, 9.17) is 14.2 Å². The molecular weight excluding hydrogens is 448 g/mol. The van der Waals surface area contributed by atoms with Gasteiger partial charge in [-0.1, -0.05) is 0 Å². The zero-order chi connectivity index (χ0) is 20.1. The Kier molecular flexibility index (Phi) is 6.32. The van der Waals surface area contributed by atoms with E-state index >= 15 is 0 Å². The second-order valence-electron chi connectivity index (χ2n) is 5.43. The first-order chi connectivity index (χ1) is 13.5. The average Bonchev–Trinajstić information content (AvgIpc) is 3.36. The Morgan fingerprint density at radius 3 is 2.46 bits per heavy atom. The molecule has 28 heavy (non-hydrogen) atoms. The van der Waals surface area contributed by atoms with Gasteiger partial charge in [-0.05, 0) is 46.3 Å². The number of carbonyl (C=O) groups excluding carboxylic acids is 1. The molecule has 0 spiro atoms. The third-order valence-corrected chi connectivity index (χ3v) is 5.37. The number of aromatic amines is 1. The highest BCUT2D eigenvalue weighted by atomic mass is 79.9. The molecule has 0 fully saturated rings. The number of halogens is 1. The van der Waals surface area contributed by atoms with Crippen LogP contribution in [0.15, 0.2) is 39.2 Å². The zero-order valence-electron chi connectivity index (χ0n) is 15.3. The Morgan fingerprint density at radius 1 is 1.18 bits per heavy atom. The first kappa shape index (κ1) is 19.9. The minimum atomic E-state index is -0.429. The van der Waals surface area contributed by atoms with E-state index in [1.165, 1.54) is 27.5 Å². The van der Waals surface area contributed by atoms with Crippen LogP contribution in [-0.4, -0.2) is 43.6 Å². The molecule has 10 heteroatoms. The molecule has 2 N–H and O–H groups in total. The number of thiophene rings is 1. The molecular formula is C18H17BrN4O4S. The molecule has 1 aromatic carbocycles. The van der Waals surface area contributed by atoms with Gasteiger partial charge < -0.3 is 14.2 Å². The summed E-state index contributed by atoms with van der Waals surface area (Å²) < 4.78 is 16.9. The van der Waals surface area contributed by atoms with Crippen molar-refractivity contribution in [2.45, 2.75) is 0 Å². The van der Waals surface area contributed by atoms with Gasteiger partial charge in [0.2, 0.25) is 5.75 Å². The SMILES string of the molecule is COc1cc(/C=N/NC(=O)c2cc(-c3ccc(Br)s3)[nH]n2)cc(OC)c1OC. The number of nitrogens with one attached hydrogen (secondary N) is 2.